The molecule has 0 radical (unpaired) electrons. The van der Waals surface area contributed by atoms with Crippen molar-refractivity contribution in [2.45, 2.75) is 44.4 Å². The Labute approximate surface area is 180 Å². The van der Waals surface area contributed by atoms with Crippen molar-refractivity contribution in [3.63, 3.8) is 0 Å². The van der Waals surface area contributed by atoms with Crippen LogP contribution < -0.4 is 5.32 Å². The minimum atomic E-state index is -0.269. The summed E-state index contributed by atoms with van der Waals surface area (Å²) in [6.07, 6.45) is 8.75. The minimum absolute atomic E-state index is 0.00346. The molecule has 2 amide bonds. The zero-order valence-corrected chi connectivity index (χ0v) is 17.3. The van der Waals surface area contributed by atoms with Crippen LogP contribution in [-0.4, -0.2) is 40.4 Å². The largest absolute Gasteiger partial charge is 0.482 e. The van der Waals surface area contributed by atoms with E-state index in [0.717, 1.165) is 36.8 Å². The second-order valence-electron chi connectivity index (χ2n) is 7.61. The highest BCUT2D eigenvalue weighted by molar-refractivity contribution is 6.32. The van der Waals surface area contributed by atoms with Crippen molar-refractivity contribution < 1.29 is 14.3 Å². The molecule has 1 saturated heterocycles. The summed E-state index contributed by atoms with van der Waals surface area (Å²) in [6.45, 7) is 0.380. The molecular weight excluding hydrogens is 402 g/mol. The first-order valence-electron chi connectivity index (χ1n) is 10.2. The van der Waals surface area contributed by atoms with Crippen molar-refractivity contribution >= 4 is 29.5 Å². The zero-order chi connectivity index (χ0) is 20.9. The monoisotopic (exact) mass is 425 g/mol. The first-order chi connectivity index (χ1) is 14.6. The molecule has 156 valence electrons. The number of aromatic nitrogens is 1. The summed E-state index contributed by atoms with van der Waals surface area (Å²) in [4.78, 5) is 31.5. The Kier molecular flexibility index (Phi) is 6.33. The lowest BCUT2D eigenvalue weighted by molar-refractivity contribution is -0.151. The molecule has 7 heteroatoms. The molecule has 1 N–H and O–H groups in total. The third-order valence-corrected chi connectivity index (χ3v) is 5.88. The molecule has 1 aromatic carbocycles. The maximum atomic E-state index is 13.2. The standard InChI is InChI=1S/C23H24ClN3O3/c24-18-8-2-1-7-17(18)12-21-23(29)27(19-9-3-4-10-20(19)30-21)15-22(28)26-14-16-6-5-11-25-13-16/h1-2,5-8,11-13,19-20H,3-4,9-10,14-15H2,(H,26,28)/b21-12+. The van der Waals surface area contributed by atoms with E-state index in [4.69, 9.17) is 16.3 Å². The van der Waals surface area contributed by atoms with E-state index < -0.39 is 0 Å². The highest BCUT2D eigenvalue weighted by atomic mass is 35.5. The van der Waals surface area contributed by atoms with Gasteiger partial charge in [-0.3, -0.25) is 14.6 Å². The summed E-state index contributed by atoms with van der Waals surface area (Å²) in [7, 11) is 0. The third kappa shape index (κ3) is 4.65. The van der Waals surface area contributed by atoms with Gasteiger partial charge in [0, 0.05) is 24.0 Å². The van der Waals surface area contributed by atoms with Crippen LogP contribution >= 0.6 is 11.6 Å². The molecule has 2 atom stereocenters. The average Bonchev–Trinajstić information content (AvgIpc) is 2.77. The molecule has 2 aliphatic rings. The SMILES string of the molecule is O=C(CN1C(=O)/C(=C\c2ccccc2Cl)OC2CCCCC21)NCc1cccnc1. The molecule has 2 aromatic rings. The zero-order valence-electron chi connectivity index (χ0n) is 16.6. The lowest BCUT2D eigenvalue weighted by Gasteiger charge is -2.44. The Bertz CT molecular complexity index is 948. The number of pyridine rings is 1. The number of amides is 2. The topological polar surface area (TPSA) is 71.5 Å². The summed E-state index contributed by atoms with van der Waals surface area (Å²) in [5, 5.41) is 3.43. The van der Waals surface area contributed by atoms with Gasteiger partial charge in [0.2, 0.25) is 5.91 Å². The van der Waals surface area contributed by atoms with Crippen LogP contribution in [0.5, 0.6) is 0 Å². The van der Waals surface area contributed by atoms with Crippen LogP contribution in [0.25, 0.3) is 6.08 Å². The van der Waals surface area contributed by atoms with Gasteiger partial charge < -0.3 is 15.0 Å². The number of fused-ring (bicyclic) bond motifs is 1. The van der Waals surface area contributed by atoms with Gasteiger partial charge in [-0.1, -0.05) is 42.3 Å². The van der Waals surface area contributed by atoms with Gasteiger partial charge in [-0.15, -0.1) is 0 Å². The summed E-state index contributed by atoms with van der Waals surface area (Å²) in [5.41, 5.74) is 1.63. The molecule has 6 nitrogen and oxygen atoms in total. The molecule has 1 aliphatic carbocycles. The molecule has 2 heterocycles. The quantitative estimate of drug-likeness (QED) is 0.743. The fraction of sp³-hybridized carbons (Fsp3) is 0.348. The van der Waals surface area contributed by atoms with E-state index in [0.29, 0.717) is 11.6 Å². The number of benzene rings is 1. The number of halogens is 1. The molecule has 0 bridgehead atoms. The van der Waals surface area contributed by atoms with Crippen molar-refractivity contribution in [1.29, 1.82) is 0 Å². The second-order valence-corrected chi connectivity index (χ2v) is 8.02. The Balaban J connectivity index is 1.51. The number of rotatable bonds is 5. The minimum Gasteiger partial charge on any atom is -0.482 e. The molecule has 0 spiro atoms. The molecule has 30 heavy (non-hydrogen) atoms. The first kappa shape index (κ1) is 20.4. The predicted molar refractivity (Wildman–Crippen MR) is 114 cm³/mol. The fourth-order valence-electron chi connectivity index (χ4n) is 4.01. The number of ether oxygens (including phenoxy) is 1. The third-order valence-electron chi connectivity index (χ3n) is 5.54. The summed E-state index contributed by atoms with van der Waals surface area (Å²) in [6, 6.07) is 10.9. The van der Waals surface area contributed by atoms with Crippen LogP contribution in [0.3, 0.4) is 0 Å². The van der Waals surface area contributed by atoms with E-state index in [9.17, 15) is 9.59 Å². The predicted octanol–water partition coefficient (Wildman–Crippen LogP) is 3.56. The highest BCUT2D eigenvalue weighted by Crippen LogP contribution is 2.33. The lowest BCUT2D eigenvalue weighted by Crippen LogP contribution is -2.57. The normalized spacial score (nSPS) is 22.4. The van der Waals surface area contributed by atoms with Gasteiger partial charge in [-0.2, -0.15) is 0 Å². The van der Waals surface area contributed by atoms with E-state index in [1.165, 1.54) is 0 Å². The molecule has 2 unspecified atom stereocenters. The molecule has 1 aliphatic heterocycles. The van der Waals surface area contributed by atoms with Crippen molar-refractivity contribution in [2.24, 2.45) is 0 Å². The maximum Gasteiger partial charge on any atom is 0.289 e. The Morgan fingerprint density at radius 3 is 2.87 bits per heavy atom. The number of hydrogen-bond acceptors (Lipinski definition) is 4. The fourth-order valence-corrected chi connectivity index (χ4v) is 4.20. The summed E-state index contributed by atoms with van der Waals surface area (Å²) in [5.74, 6) is -0.226. The smallest absolute Gasteiger partial charge is 0.289 e. The lowest BCUT2D eigenvalue weighted by atomic mass is 9.89. The van der Waals surface area contributed by atoms with E-state index in [1.54, 1.807) is 29.4 Å². The molecule has 1 saturated carbocycles. The molecular formula is C23H24ClN3O3. The number of hydrogen-bond donors (Lipinski definition) is 1. The van der Waals surface area contributed by atoms with Crippen LogP contribution in [-0.2, 0) is 20.9 Å². The van der Waals surface area contributed by atoms with Gasteiger partial charge >= 0.3 is 0 Å². The Hall–Kier alpha value is -2.86. The van der Waals surface area contributed by atoms with Gasteiger partial charge in [0.05, 0.1) is 6.04 Å². The Morgan fingerprint density at radius 2 is 2.07 bits per heavy atom. The average molecular weight is 426 g/mol. The van der Waals surface area contributed by atoms with Gasteiger partial charge in [0.15, 0.2) is 5.76 Å². The number of carbonyl (C=O) groups excluding carboxylic acids is 2. The van der Waals surface area contributed by atoms with Crippen LogP contribution in [0.4, 0.5) is 0 Å². The van der Waals surface area contributed by atoms with Gasteiger partial charge in [0.25, 0.3) is 5.91 Å². The number of nitrogens with zero attached hydrogens (tertiary/aromatic N) is 2. The highest BCUT2D eigenvalue weighted by Gasteiger charge is 2.42. The van der Waals surface area contributed by atoms with Crippen molar-refractivity contribution in [2.75, 3.05) is 6.54 Å². The molecule has 2 fully saturated rings. The van der Waals surface area contributed by atoms with Gasteiger partial charge in [-0.05, 0) is 48.6 Å². The van der Waals surface area contributed by atoms with Crippen molar-refractivity contribution in [1.82, 2.24) is 15.2 Å². The number of morpholine rings is 1. The maximum absolute atomic E-state index is 13.2. The van der Waals surface area contributed by atoms with Gasteiger partial charge in [-0.25, -0.2) is 0 Å². The number of carbonyl (C=O) groups is 2. The van der Waals surface area contributed by atoms with Crippen LogP contribution in [0.2, 0.25) is 5.02 Å². The van der Waals surface area contributed by atoms with Crippen LogP contribution in [0.15, 0.2) is 54.6 Å². The number of nitrogens with one attached hydrogen (secondary N) is 1. The summed E-state index contributed by atoms with van der Waals surface area (Å²) >= 11 is 6.25. The van der Waals surface area contributed by atoms with Crippen LogP contribution in [0, 0.1) is 0 Å². The van der Waals surface area contributed by atoms with E-state index in [2.05, 4.69) is 10.3 Å². The van der Waals surface area contributed by atoms with Crippen molar-refractivity contribution in [3.8, 4) is 0 Å². The van der Waals surface area contributed by atoms with E-state index in [-0.39, 0.29) is 36.3 Å². The van der Waals surface area contributed by atoms with E-state index in [1.807, 2.05) is 30.3 Å². The summed E-state index contributed by atoms with van der Waals surface area (Å²) < 4.78 is 6.07. The van der Waals surface area contributed by atoms with Crippen molar-refractivity contribution in [3.05, 3.63) is 70.7 Å². The van der Waals surface area contributed by atoms with E-state index >= 15 is 0 Å². The van der Waals surface area contributed by atoms with Crippen LogP contribution in [0.1, 0.15) is 36.8 Å². The second kappa shape index (κ2) is 9.30. The Morgan fingerprint density at radius 1 is 1.23 bits per heavy atom. The molecule has 1 aromatic heterocycles. The first-order valence-corrected chi connectivity index (χ1v) is 10.6. The van der Waals surface area contributed by atoms with Gasteiger partial charge in [0.1, 0.15) is 12.6 Å². The molecule has 4 rings (SSSR count).